The number of fused-ring (bicyclic) bond motifs is 1. The van der Waals surface area contributed by atoms with E-state index >= 15 is 0 Å². The number of para-hydroxylation sites is 1. The van der Waals surface area contributed by atoms with Gasteiger partial charge in [-0.2, -0.15) is 0 Å². The molecule has 22 heavy (non-hydrogen) atoms. The molecule has 0 radical (unpaired) electrons. The van der Waals surface area contributed by atoms with Gasteiger partial charge in [0.25, 0.3) is 5.91 Å². The van der Waals surface area contributed by atoms with E-state index in [1.807, 2.05) is 0 Å². The van der Waals surface area contributed by atoms with Gasteiger partial charge in [0.1, 0.15) is 5.58 Å². The Morgan fingerprint density at radius 3 is 2.59 bits per heavy atom. The lowest BCUT2D eigenvalue weighted by molar-refractivity contribution is 0.0648. The van der Waals surface area contributed by atoms with E-state index in [1.54, 1.807) is 36.2 Å². The summed E-state index contributed by atoms with van der Waals surface area (Å²) in [5.74, 6) is 0.658. The SMILES string of the molecule is CC1CCC(N(C)C(=O)c2cc(=O)c3ccccc3o2)CC1. The minimum atomic E-state index is -0.206. The molecule has 0 saturated heterocycles. The topological polar surface area (TPSA) is 50.5 Å². The zero-order valence-corrected chi connectivity index (χ0v) is 13.0. The molecule has 2 aromatic rings. The summed E-state index contributed by atoms with van der Waals surface area (Å²) in [6.45, 7) is 2.25. The van der Waals surface area contributed by atoms with Crippen LogP contribution in [0.15, 0.2) is 39.5 Å². The van der Waals surface area contributed by atoms with Gasteiger partial charge < -0.3 is 9.32 Å². The molecular weight excluding hydrogens is 278 g/mol. The van der Waals surface area contributed by atoms with Crippen LogP contribution in [-0.4, -0.2) is 23.9 Å². The van der Waals surface area contributed by atoms with Crippen LogP contribution in [-0.2, 0) is 0 Å². The van der Waals surface area contributed by atoms with Crippen molar-refractivity contribution in [3.63, 3.8) is 0 Å². The van der Waals surface area contributed by atoms with E-state index in [-0.39, 0.29) is 23.1 Å². The van der Waals surface area contributed by atoms with Crippen LogP contribution in [0.4, 0.5) is 0 Å². The molecule has 0 spiro atoms. The molecule has 1 fully saturated rings. The molecule has 4 heteroatoms. The first-order chi connectivity index (χ1) is 10.6. The quantitative estimate of drug-likeness (QED) is 0.853. The van der Waals surface area contributed by atoms with Crippen molar-refractivity contribution in [2.24, 2.45) is 5.92 Å². The second-order valence-electron chi connectivity index (χ2n) is 6.30. The molecule has 4 nitrogen and oxygen atoms in total. The highest BCUT2D eigenvalue weighted by molar-refractivity contribution is 5.93. The third-order valence-electron chi connectivity index (χ3n) is 4.70. The maximum atomic E-state index is 12.6. The number of nitrogens with zero attached hydrogens (tertiary/aromatic N) is 1. The van der Waals surface area contributed by atoms with Crippen molar-refractivity contribution in [3.05, 3.63) is 46.3 Å². The molecule has 1 aliphatic carbocycles. The third kappa shape index (κ3) is 2.78. The zero-order chi connectivity index (χ0) is 15.7. The van der Waals surface area contributed by atoms with Crippen molar-refractivity contribution in [2.75, 3.05) is 7.05 Å². The van der Waals surface area contributed by atoms with Crippen molar-refractivity contribution in [2.45, 2.75) is 38.6 Å². The van der Waals surface area contributed by atoms with Crippen molar-refractivity contribution >= 4 is 16.9 Å². The van der Waals surface area contributed by atoms with Crippen LogP contribution in [0.25, 0.3) is 11.0 Å². The summed E-state index contributed by atoms with van der Waals surface area (Å²) in [5.41, 5.74) is 0.292. The van der Waals surface area contributed by atoms with Crippen LogP contribution >= 0.6 is 0 Å². The fourth-order valence-corrected chi connectivity index (χ4v) is 3.18. The molecule has 1 aliphatic rings. The molecule has 0 N–H and O–H groups in total. The predicted octanol–water partition coefficient (Wildman–Crippen LogP) is 3.44. The van der Waals surface area contributed by atoms with Gasteiger partial charge in [-0.05, 0) is 43.7 Å². The molecule has 1 aromatic heterocycles. The maximum Gasteiger partial charge on any atom is 0.289 e. The van der Waals surface area contributed by atoms with E-state index < -0.39 is 0 Å². The molecule has 3 rings (SSSR count). The van der Waals surface area contributed by atoms with E-state index in [2.05, 4.69) is 6.92 Å². The lowest BCUT2D eigenvalue weighted by Gasteiger charge is -2.33. The first kappa shape index (κ1) is 14.8. The number of benzene rings is 1. The molecule has 1 saturated carbocycles. The molecule has 0 bridgehead atoms. The summed E-state index contributed by atoms with van der Waals surface area (Å²) in [6, 6.07) is 8.56. The summed E-state index contributed by atoms with van der Waals surface area (Å²) in [5, 5.41) is 0.508. The first-order valence-electron chi connectivity index (χ1n) is 7.86. The highest BCUT2D eigenvalue weighted by Gasteiger charge is 2.27. The number of amides is 1. The van der Waals surface area contributed by atoms with Crippen LogP contribution in [0, 0.1) is 5.92 Å². The smallest absolute Gasteiger partial charge is 0.289 e. The van der Waals surface area contributed by atoms with Gasteiger partial charge in [-0.25, -0.2) is 0 Å². The molecule has 1 heterocycles. The van der Waals surface area contributed by atoms with E-state index in [1.165, 1.54) is 6.07 Å². The number of hydrogen-bond donors (Lipinski definition) is 0. The number of carbonyl (C=O) groups excluding carboxylic acids is 1. The normalized spacial score (nSPS) is 21.7. The Labute approximate surface area is 129 Å². The lowest BCUT2D eigenvalue weighted by atomic mass is 9.86. The Hall–Kier alpha value is -2.10. The largest absolute Gasteiger partial charge is 0.451 e. The number of rotatable bonds is 2. The van der Waals surface area contributed by atoms with Gasteiger partial charge in [0.05, 0.1) is 5.39 Å². The Bertz CT molecular complexity index is 741. The van der Waals surface area contributed by atoms with Gasteiger partial charge in [0.2, 0.25) is 0 Å². The Morgan fingerprint density at radius 1 is 1.18 bits per heavy atom. The molecular formula is C18H21NO3. The second-order valence-corrected chi connectivity index (χ2v) is 6.30. The summed E-state index contributed by atoms with van der Waals surface area (Å²) in [7, 11) is 1.80. The van der Waals surface area contributed by atoms with Crippen molar-refractivity contribution in [1.29, 1.82) is 0 Å². The molecule has 0 unspecified atom stereocenters. The molecule has 0 aliphatic heterocycles. The number of hydrogen-bond acceptors (Lipinski definition) is 3. The summed E-state index contributed by atoms with van der Waals surface area (Å²) >= 11 is 0. The third-order valence-corrected chi connectivity index (χ3v) is 4.70. The van der Waals surface area contributed by atoms with E-state index in [4.69, 9.17) is 4.42 Å². The van der Waals surface area contributed by atoms with E-state index in [0.29, 0.717) is 11.0 Å². The van der Waals surface area contributed by atoms with Crippen molar-refractivity contribution < 1.29 is 9.21 Å². The monoisotopic (exact) mass is 299 g/mol. The average molecular weight is 299 g/mol. The van der Waals surface area contributed by atoms with Crippen molar-refractivity contribution in [1.82, 2.24) is 4.90 Å². The van der Waals surface area contributed by atoms with Gasteiger partial charge in [-0.1, -0.05) is 19.1 Å². The fraction of sp³-hybridized carbons (Fsp3) is 0.444. The Balaban J connectivity index is 1.87. The van der Waals surface area contributed by atoms with Crippen LogP contribution in [0.2, 0.25) is 0 Å². The van der Waals surface area contributed by atoms with Gasteiger partial charge in [-0.15, -0.1) is 0 Å². The first-order valence-corrected chi connectivity index (χ1v) is 7.86. The lowest BCUT2D eigenvalue weighted by Crippen LogP contribution is -2.39. The van der Waals surface area contributed by atoms with Gasteiger partial charge >= 0.3 is 0 Å². The Morgan fingerprint density at radius 2 is 1.86 bits per heavy atom. The van der Waals surface area contributed by atoms with Gasteiger partial charge in [-0.3, -0.25) is 9.59 Å². The van der Waals surface area contributed by atoms with Crippen molar-refractivity contribution in [3.8, 4) is 0 Å². The second kappa shape index (κ2) is 5.95. The predicted molar refractivity (Wildman–Crippen MR) is 86.0 cm³/mol. The highest BCUT2D eigenvalue weighted by atomic mass is 16.3. The summed E-state index contributed by atoms with van der Waals surface area (Å²) in [4.78, 5) is 26.5. The van der Waals surface area contributed by atoms with Crippen LogP contribution in [0.3, 0.4) is 0 Å². The number of carbonyl (C=O) groups is 1. The van der Waals surface area contributed by atoms with Gasteiger partial charge in [0, 0.05) is 19.2 Å². The molecule has 0 atom stereocenters. The van der Waals surface area contributed by atoms with E-state index in [0.717, 1.165) is 31.6 Å². The minimum Gasteiger partial charge on any atom is -0.451 e. The molecule has 1 aromatic carbocycles. The summed E-state index contributed by atoms with van der Waals surface area (Å²) < 4.78 is 5.65. The zero-order valence-electron chi connectivity index (χ0n) is 13.0. The average Bonchev–Trinajstić information content (AvgIpc) is 2.54. The van der Waals surface area contributed by atoms with Crippen LogP contribution in [0.1, 0.15) is 43.2 Å². The maximum absolute atomic E-state index is 12.6. The standard InChI is InChI=1S/C18H21NO3/c1-12-7-9-13(10-8-12)19(2)18(21)17-11-15(20)14-5-3-4-6-16(14)22-17/h3-6,11-13H,7-10H2,1-2H3. The van der Waals surface area contributed by atoms with Crippen LogP contribution in [0.5, 0.6) is 0 Å². The summed E-state index contributed by atoms with van der Waals surface area (Å²) in [6.07, 6.45) is 4.32. The molecule has 116 valence electrons. The minimum absolute atomic E-state index is 0.129. The van der Waals surface area contributed by atoms with E-state index in [9.17, 15) is 9.59 Å². The molecule has 1 amide bonds. The Kier molecular flexibility index (Phi) is 4.01. The van der Waals surface area contributed by atoms with Crippen LogP contribution < -0.4 is 5.43 Å². The fourth-order valence-electron chi connectivity index (χ4n) is 3.18. The van der Waals surface area contributed by atoms with Gasteiger partial charge in [0.15, 0.2) is 11.2 Å². The highest BCUT2D eigenvalue weighted by Crippen LogP contribution is 2.27.